The number of aryl methyl sites for hydroxylation is 2. The maximum absolute atomic E-state index is 12.2. The van der Waals surface area contributed by atoms with Crippen LogP contribution in [0, 0.1) is 17.2 Å². The number of carbonyl (C=O) groups is 1. The van der Waals surface area contributed by atoms with E-state index in [1.54, 1.807) is 18.3 Å². The van der Waals surface area contributed by atoms with Crippen LogP contribution in [0.2, 0.25) is 0 Å². The highest BCUT2D eigenvalue weighted by atomic mass is 32.2. The molecule has 0 fully saturated rings. The minimum absolute atomic E-state index is 0.0159. The zero-order chi connectivity index (χ0) is 18.9. The van der Waals surface area contributed by atoms with Crippen LogP contribution in [0.4, 0.5) is 5.82 Å². The van der Waals surface area contributed by atoms with Crippen molar-refractivity contribution in [3.05, 3.63) is 10.4 Å². The van der Waals surface area contributed by atoms with Crippen LogP contribution >= 0.6 is 23.1 Å². The van der Waals surface area contributed by atoms with Crippen LogP contribution in [0.25, 0.3) is 10.2 Å². The first-order valence-electron chi connectivity index (χ1n) is 8.77. The van der Waals surface area contributed by atoms with Crippen molar-refractivity contribution in [3.8, 4) is 6.07 Å². The van der Waals surface area contributed by atoms with Crippen LogP contribution in [0.15, 0.2) is 5.16 Å². The maximum Gasteiger partial charge on any atom is 0.231 e. The molecule has 0 saturated heterocycles. The van der Waals surface area contributed by atoms with Crippen LogP contribution in [-0.2, 0) is 17.6 Å². The first-order valence-corrected chi connectivity index (χ1v) is 10.6. The number of nitrogens with one attached hydrogen (secondary N) is 1. The first kappa shape index (κ1) is 18.9. The number of nitriles is 1. The van der Waals surface area contributed by atoms with E-state index < -0.39 is 5.54 Å². The number of amides is 1. The minimum atomic E-state index is -0.881. The summed E-state index contributed by atoms with van der Waals surface area (Å²) in [6.07, 6.45) is 4.52. The fraction of sp³-hybridized carbons (Fsp3) is 0.556. The highest BCUT2D eigenvalue weighted by molar-refractivity contribution is 7.99. The molecule has 1 atom stereocenters. The number of fused-ring (bicyclic) bond motifs is 3. The SMILES string of the molecule is CC(C)[C@@](C)(C#N)NC(=O)CSc1nc(N)c2c3c(sc2n1)CCCC3. The Balaban J connectivity index is 1.74. The van der Waals surface area contributed by atoms with Gasteiger partial charge in [0.25, 0.3) is 0 Å². The van der Waals surface area contributed by atoms with Crippen LogP contribution < -0.4 is 11.1 Å². The van der Waals surface area contributed by atoms with Gasteiger partial charge < -0.3 is 11.1 Å². The number of aromatic nitrogens is 2. The molecular weight excluding hydrogens is 366 g/mol. The molecule has 2 heterocycles. The van der Waals surface area contributed by atoms with Crippen molar-refractivity contribution in [1.29, 1.82) is 5.26 Å². The van der Waals surface area contributed by atoms with Crippen LogP contribution in [0.3, 0.4) is 0 Å². The summed E-state index contributed by atoms with van der Waals surface area (Å²) in [5, 5.41) is 13.6. The summed E-state index contributed by atoms with van der Waals surface area (Å²) in [4.78, 5) is 23.5. The molecule has 0 aliphatic heterocycles. The van der Waals surface area contributed by atoms with Gasteiger partial charge in [-0.05, 0) is 44.1 Å². The fourth-order valence-corrected chi connectivity index (χ4v) is 4.96. The number of anilines is 1. The van der Waals surface area contributed by atoms with Crippen molar-refractivity contribution in [3.63, 3.8) is 0 Å². The Bertz CT molecular complexity index is 886. The summed E-state index contributed by atoms with van der Waals surface area (Å²) in [6.45, 7) is 5.55. The number of nitrogens with zero attached hydrogens (tertiary/aromatic N) is 3. The summed E-state index contributed by atoms with van der Waals surface area (Å²) >= 11 is 2.94. The van der Waals surface area contributed by atoms with E-state index in [-0.39, 0.29) is 17.6 Å². The second-order valence-electron chi connectivity index (χ2n) is 7.09. The predicted octanol–water partition coefficient (Wildman–Crippen LogP) is 3.30. The van der Waals surface area contributed by atoms with Crippen molar-refractivity contribution >= 4 is 45.0 Å². The van der Waals surface area contributed by atoms with E-state index in [0.717, 1.165) is 23.1 Å². The van der Waals surface area contributed by atoms with E-state index in [4.69, 9.17) is 5.73 Å². The number of nitrogen functional groups attached to an aromatic ring is 1. The van der Waals surface area contributed by atoms with Crippen molar-refractivity contribution in [2.45, 2.75) is 57.1 Å². The second kappa shape index (κ2) is 7.41. The third-order valence-electron chi connectivity index (χ3n) is 4.94. The smallest absolute Gasteiger partial charge is 0.231 e. The Hall–Kier alpha value is -1.85. The zero-order valence-corrected chi connectivity index (χ0v) is 16.9. The minimum Gasteiger partial charge on any atom is -0.383 e. The quantitative estimate of drug-likeness (QED) is 0.600. The van der Waals surface area contributed by atoms with Crippen LogP contribution in [0.5, 0.6) is 0 Å². The fourth-order valence-electron chi connectivity index (χ4n) is 2.99. The second-order valence-corrected chi connectivity index (χ2v) is 9.11. The molecule has 0 saturated carbocycles. The molecule has 2 aromatic rings. The van der Waals surface area contributed by atoms with Gasteiger partial charge in [0.1, 0.15) is 16.2 Å². The largest absolute Gasteiger partial charge is 0.383 e. The molecule has 0 bridgehead atoms. The third kappa shape index (κ3) is 3.64. The van der Waals surface area contributed by atoms with Gasteiger partial charge in [-0.1, -0.05) is 25.6 Å². The lowest BCUT2D eigenvalue weighted by Gasteiger charge is -2.27. The molecule has 8 heteroatoms. The van der Waals surface area contributed by atoms with Gasteiger partial charge in [-0.15, -0.1) is 11.3 Å². The molecule has 1 aliphatic carbocycles. The molecule has 3 rings (SSSR count). The Morgan fingerprint density at radius 1 is 1.42 bits per heavy atom. The molecule has 1 aliphatic rings. The molecule has 138 valence electrons. The molecule has 1 amide bonds. The lowest BCUT2D eigenvalue weighted by molar-refractivity contribution is -0.120. The van der Waals surface area contributed by atoms with Crippen molar-refractivity contribution in [1.82, 2.24) is 15.3 Å². The zero-order valence-electron chi connectivity index (χ0n) is 15.3. The number of hydrogen-bond acceptors (Lipinski definition) is 7. The molecular formula is C18H23N5OS2. The van der Waals surface area contributed by atoms with Crippen LogP contribution in [0.1, 0.15) is 44.1 Å². The summed E-state index contributed by atoms with van der Waals surface area (Å²) in [5.41, 5.74) is 6.62. The first-order chi connectivity index (χ1) is 12.3. The number of nitrogens with two attached hydrogens (primary N) is 1. The molecule has 3 N–H and O–H groups in total. The summed E-state index contributed by atoms with van der Waals surface area (Å²) in [6, 6.07) is 2.18. The standard InChI is InChI=1S/C18H23N5OS2/c1-10(2)18(3,9-19)23-13(24)8-25-17-21-15(20)14-11-6-4-5-7-12(11)26-16(14)22-17/h10H,4-8H2,1-3H3,(H,23,24)(H2,20,21,22)/t18-/m1/s1. The maximum atomic E-state index is 12.2. The Morgan fingerprint density at radius 3 is 2.85 bits per heavy atom. The monoisotopic (exact) mass is 389 g/mol. The van der Waals surface area contributed by atoms with Gasteiger partial charge in [0, 0.05) is 4.88 Å². The van der Waals surface area contributed by atoms with E-state index in [0.29, 0.717) is 11.0 Å². The molecule has 0 radical (unpaired) electrons. The lowest BCUT2D eigenvalue weighted by atomic mass is 9.90. The van der Waals surface area contributed by atoms with Gasteiger partial charge in [-0.3, -0.25) is 4.79 Å². The highest BCUT2D eigenvalue weighted by Crippen LogP contribution is 2.38. The van der Waals surface area contributed by atoms with E-state index in [2.05, 4.69) is 21.4 Å². The van der Waals surface area contributed by atoms with Crippen molar-refractivity contribution in [2.24, 2.45) is 5.92 Å². The van der Waals surface area contributed by atoms with Gasteiger partial charge in [0.15, 0.2) is 5.16 Å². The van der Waals surface area contributed by atoms with Crippen molar-refractivity contribution < 1.29 is 4.79 Å². The number of thiophene rings is 1. The third-order valence-corrected chi connectivity index (χ3v) is 6.97. The average Bonchev–Trinajstić information content (AvgIpc) is 2.98. The van der Waals surface area contributed by atoms with E-state index in [1.165, 1.54) is 35.0 Å². The Kier molecular flexibility index (Phi) is 5.39. The van der Waals surface area contributed by atoms with E-state index in [1.807, 2.05) is 13.8 Å². The van der Waals surface area contributed by atoms with E-state index in [9.17, 15) is 10.1 Å². The molecule has 0 unspecified atom stereocenters. The predicted molar refractivity (Wildman–Crippen MR) is 106 cm³/mol. The number of carbonyl (C=O) groups excluding carboxylic acids is 1. The van der Waals surface area contributed by atoms with E-state index >= 15 is 0 Å². The highest BCUT2D eigenvalue weighted by Gasteiger charge is 2.30. The van der Waals surface area contributed by atoms with Gasteiger partial charge in [-0.2, -0.15) is 5.26 Å². The Labute approximate surface area is 161 Å². The summed E-state index contributed by atoms with van der Waals surface area (Å²) < 4.78 is 0. The molecule has 0 aromatic carbocycles. The average molecular weight is 390 g/mol. The summed E-state index contributed by atoms with van der Waals surface area (Å²) in [5.74, 6) is 0.462. The number of hydrogen-bond donors (Lipinski definition) is 2. The molecule has 2 aromatic heterocycles. The summed E-state index contributed by atoms with van der Waals surface area (Å²) in [7, 11) is 0. The van der Waals surface area contributed by atoms with Gasteiger partial charge in [-0.25, -0.2) is 9.97 Å². The molecule has 6 nitrogen and oxygen atoms in total. The van der Waals surface area contributed by atoms with Gasteiger partial charge in [0.05, 0.1) is 17.2 Å². The number of thioether (sulfide) groups is 1. The molecule has 26 heavy (non-hydrogen) atoms. The molecule has 0 spiro atoms. The van der Waals surface area contributed by atoms with Crippen LogP contribution in [-0.4, -0.2) is 27.2 Å². The number of rotatable bonds is 5. The van der Waals surface area contributed by atoms with Gasteiger partial charge >= 0.3 is 0 Å². The lowest BCUT2D eigenvalue weighted by Crippen LogP contribution is -2.49. The van der Waals surface area contributed by atoms with Gasteiger partial charge in [0.2, 0.25) is 5.91 Å². The topological polar surface area (TPSA) is 105 Å². The normalized spacial score (nSPS) is 16.1. The Morgan fingerprint density at radius 2 is 2.15 bits per heavy atom. The van der Waals surface area contributed by atoms with Crippen molar-refractivity contribution in [2.75, 3.05) is 11.5 Å².